The maximum absolute atomic E-state index is 13.0. The van der Waals surface area contributed by atoms with Crippen molar-refractivity contribution < 1.29 is 27.5 Å². The number of nitrogens with zero attached hydrogens (tertiary/aromatic N) is 1. The molecule has 11 heteroatoms. The SMILES string of the molecule is NC(CC(N)C(F)(F)F)N/C(=N\C(=O)c1ccc(F)cc1)NC1(CO)CCCC1. The van der Waals surface area contributed by atoms with Crippen LogP contribution in [0.1, 0.15) is 42.5 Å². The minimum atomic E-state index is -4.62. The number of hydrogen-bond donors (Lipinski definition) is 5. The van der Waals surface area contributed by atoms with Gasteiger partial charge in [0, 0.05) is 12.0 Å². The van der Waals surface area contributed by atoms with Crippen LogP contribution in [0.5, 0.6) is 0 Å². The second kappa shape index (κ2) is 9.51. The smallest absolute Gasteiger partial charge is 0.394 e. The van der Waals surface area contributed by atoms with E-state index in [1.165, 1.54) is 12.1 Å². The molecule has 0 spiro atoms. The predicted octanol–water partition coefficient (Wildman–Crippen LogP) is 1.37. The van der Waals surface area contributed by atoms with Crippen molar-refractivity contribution in [2.45, 2.75) is 56.0 Å². The van der Waals surface area contributed by atoms with Gasteiger partial charge in [-0.1, -0.05) is 12.8 Å². The molecule has 162 valence electrons. The number of amides is 1. The summed E-state index contributed by atoms with van der Waals surface area (Å²) in [5.74, 6) is -1.45. The quantitative estimate of drug-likeness (QED) is 0.205. The van der Waals surface area contributed by atoms with Gasteiger partial charge in [-0.05, 0) is 37.1 Å². The standard InChI is InChI=1S/C18H25F4N5O2/c19-12-5-3-11(4-6-12)15(29)26-16(27-17(10-28)7-1-2-8-17)25-14(24)9-13(23)18(20,21)22/h3-6,13-14,28H,1-2,7-10,23-24H2,(H2,25,26,27,29). The highest BCUT2D eigenvalue weighted by atomic mass is 19.4. The van der Waals surface area contributed by atoms with Crippen molar-refractivity contribution in [3.63, 3.8) is 0 Å². The zero-order chi connectivity index (χ0) is 21.7. The van der Waals surface area contributed by atoms with Gasteiger partial charge in [0.05, 0.1) is 18.3 Å². The number of rotatable bonds is 6. The number of carbonyl (C=O) groups excluding carboxylic acids is 1. The number of hydrogen-bond acceptors (Lipinski definition) is 4. The molecule has 1 aliphatic carbocycles. The number of alkyl halides is 3. The van der Waals surface area contributed by atoms with Crippen LogP contribution >= 0.6 is 0 Å². The highest BCUT2D eigenvalue weighted by Gasteiger charge is 2.38. The van der Waals surface area contributed by atoms with Gasteiger partial charge in [-0.25, -0.2) is 4.39 Å². The Balaban J connectivity index is 2.20. The molecular weight excluding hydrogens is 394 g/mol. The van der Waals surface area contributed by atoms with Crippen molar-refractivity contribution in [2.24, 2.45) is 16.5 Å². The molecule has 0 radical (unpaired) electrons. The summed E-state index contributed by atoms with van der Waals surface area (Å²) in [7, 11) is 0. The predicted molar refractivity (Wildman–Crippen MR) is 99.3 cm³/mol. The van der Waals surface area contributed by atoms with Crippen molar-refractivity contribution >= 4 is 11.9 Å². The minimum Gasteiger partial charge on any atom is -0.394 e. The summed E-state index contributed by atoms with van der Waals surface area (Å²) in [6.07, 6.45) is -3.68. The van der Waals surface area contributed by atoms with Crippen LogP contribution in [0, 0.1) is 5.82 Å². The molecule has 0 saturated heterocycles. The molecule has 7 N–H and O–H groups in total. The van der Waals surface area contributed by atoms with Crippen molar-refractivity contribution in [1.82, 2.24) is 10.6 Å². The molecule has 1 fully saturated rings. The third-order valence-electron chi connectivity index (χ3n) is 4.80. The molecule has 2 unspecified atom stereocenters. The molecule has 7 nitrogen and oxygen atoms in total. The first kappa shape index (κ1) is 23.0. The lowest BCUT2D eigenvalue weighted by atomic mass is 9.99. The number of carbonyl (C=O) groups is 1. The number of benzene rings is 1. The van der Waals surface area contributed by atoms with Crippen LogP contribution in [-0.2, 0) is 0 Å². The third kappa shape index (κ3) is 6.65. The zero-order valence-corrected chi connectivity index (χ0v) is 15.7. The van der Waals surface area contributed by atoms with Gasteiger partial charge in [0.2, 0.25) is 5.96 Å². The van der Waals surface area contributed by atoms with E-state index in [4.69, 9.17) is 11.5 Å². The minimum absolute atomic E-state index is 0.0811. The summed E-state index contributed by atoms with van der Waals surface area (Å²) in [5, 5.41) is 15.2. The van der Waals surface area contributed by atoms with E-state index in [9.17, 15) is 27.5 Å². The Morgan fingerprint density at radius 3 is 2.31 bits per heavy atom. The Labute approximate surface area is 165 Å². The Hall–Kier alpha value is -2.24. The average molecular weight is 419 g/mol. The van der Waals surface area contributed by atoms with E-state index in [-0.39, 0.29) is 18.1 Å². The van der Waals surface area contributed by atoms with E-state index < -0.39 is 42.1 Å². The third-order valence-corrected chi connectivity index (χ3v) is 4.80. The molecule has 2 atom stereocenters. The van der Waals surface area contributed by atoms with Gasteiger partial charge < -0.3 is 27.2 Å². The highest BCUT2D eigenvalue weighted by molar-refractivity contribution is 6.02. The van der Waals surface area contributed by atoms with Crippen molar-refractivity contribution in [2.75, 3.05) is 6.61 Å². The molecule has 0 heterocycles. The molecule has 0 aromatic heterocycles. The normalized spacial score (nSPS) is 18.9. The van der Waals surface area contributed by atoms with Gasteiger partial charge in [-0.2, -0.15) is 18.2 Å². The Morgan fingerprint density at radius 1 is 1.21 bits per heavy atom. The number of guanidine groups is 1. The molecule has 0 aliphatic heterocycles. The van der Waals surface area contributed by atoms with Crippen LogP contribution in [0.3, 0.4) is 0 Å². The van der Waals surface area contributed by atoms with E-state index in [2.05, 4.69) is 15.6 Å². The molecule has 1 amide bonds. The fraction of sp³-hybridized carbons (Fsp3) is 0.556. The summed E-state index contributed by atoms with van der Waals surface area (Å²) in [5.41, 5.74) is 10.1. The van der Waals surface area contributed by atoms with Gasteiger partial charge in [0.15, 0.2) is 0 Å². The van der Waals surface area contributed by atoms with E-state index in [0.29, 0.717) is 12.8 Å². The molecule has 1 saturated carbocycles. The number of halogens is 4. The van der Waals surface area contributed by atoms with E-state index in [1.807, 2.05) is 0 Å². The summed E-state index contributed by atoms with van der Waals surface area (Å²) in [6, 6.07) is 2.48. The maximum Gasteiger partial charge on any atom is 0.403 e. The van der Waals surface area contributed by atoms with Crippen molar-refractivity contribution in [1.29, 1.82) is 0 Å². The molecule has 2 rings (SSSR count). The number of nitrogens with two attached hydrogens (primary N) is 2. The number of nitrogens with one attached hydrogen (secondary N) is 2. The molecule has 29 heavy (non-hydrogen) atoms. The second-order valence-corrected chi connectivity index (χ2v) is 7.18. The van der Waals surface area contributed by atoms with Crippen LogP contribution in [-0.4, -0.2) is 47.5 Å². The first-order valence-corrected chi connectivity index (χ1v) is 9.17. The number of aliphatic hydroxyl groups excluding tert-OH is 1. The largest absolute Gasteiger partial charge is 0.403 e. The lowest BCUT2D eigenvalue weighted by molar-refractivity contribution is -0.149. The van der Waals surface area contributed by atoms with Gasteiger partial charge in [-0.15, -0.1) is 0 Å². The first-order valence-electron chi connectivity index (χ1n) is 9.17. The van der Waals surface area contributed by atoms with Gasteiger partial charge in [0.25, 0.3) is 5.91 Å². The summed E-state index contributed by atoms with van der Waals surface area (Å²) in [6.45, 7) is -0.254. The first-order chi connectivity index (χ1) is 13.5. The van der Waals surface area contributed by atoms with Crippen LogP contribution in [0.15, 0.2) is 29.3 Å². The Morgan fingerprint density at radius 2 is 1.79 bits per heavy atom. The molecular formula is C18H25F4N5O2. The van der Waals surface area contributed by atoms with Crippen LogP contribution < -0.4 is 22.1 Å². The lowest BCUT2D eigenvalue weighted by Crippen LogP contribution is -2.58. The zero-order valence-electron chi connectivity index (χ0n) is 15.7. The maximum atomic E-state index is 13.0. The topological polar surface area (TPSA) is 126 Å². The monoisotopic (exact) mass is 419 g/mol. The molecule has 1 aromatic rings. The molecule has 1 aliphatic rings. The fourth-order valence-electron chi connectivity index (χ4n) is 3.12. The van der Waals surface area contributed by atoms with Crippen molar-refractivity contribution in [3.05, 3.63) is 35.6 Å². The van der Waals surface area contributed by atoms with E-state index in [1.54, 1.807) is 0 Å². The highest BCUT2D eigenvalue weighted by Crippen LogP contribution is 2.29. The summed E-state index contributed by atoms with van der Waals surface area (Å²) >= 11 is 0. The van der Waals surface area contributed by atoms with Crippen LogP contribution in [0.25, 0.3) is 0 Å². The van der Waals surface area contributed by atoms with E-state index >= 15 is 0 Å². The second-order valence-electron chi connectivity index (χ2n) is 7.18. The Bertz CT molecular complexity index is 718. The van der Waals surface area contributed by atoms with Gasteiger partial charge in [-0.3, -0.25) is 4.79 Å². The molecule has 0 bridgehead atoms. The van der Waals surface area contributed by atoms with Crippen LogP contribution in [0.4, 0.5) is 17.6 Å². The van der Waals surface area contributed by atoms with Gasteiger partial charge in [0.1, 0.15) is 11.9 Å². The average Bonchev–Trinajstić information content (AvgIpc) is 3.10. The number of aliphatic hydroxyl groups is 1. The van der Waals surface area contributed by atoms with E-state index in [0.717, 1.165) is 25.0 Å². The van der Waals surface area contributed by atoms with Crippen molar-refractivity contribution in [3.8, 4) is 0 Å². The summed E-state index contributed by atoms with van der Waals surface area (Å²) in [4.78, 5) is 16.3. The number of aliphatic imine (C=N–C) groups is 1. The fourth-order valence-corrected chi connectivity index (χ4v) is 3.12. The summed E-state index contributed by atoms with van der Waals surface area (Å²) < 4.78 is 51.1. The lowest BCUT2D eigenvalue weighted by Gasteiger charge is -2.31. The van der Waals surface area contributed by atoms with Gasteiger partial charge >= 0.3 is 6.18 Å². The Kier molecular flexibility index (Phi) is 7.55. The molecule has 1 aromatic carbocycles. The van der Waals surface area contributed by atoms with Crippen LogP contribution in [0.2, 0.25) is 0 Å².